The number of aromatic nitrogens is 1. The molecule has 0 aliphatic carbocycles. The zero-order valence-electron chi connectivity index (χ0n) is 10.1. The molecule has 1 amide bonds. The first kappa shape index (κ1) is 14.4. The number of nitrogens with zero attached hydrogens (tertiary/aromatic N) is 1. The summed E-state index contributed by atoms with van der Waals surface area (Å²) in [7, 11) is 0. The number of aryl methyl sites for hydroxylation is 1. The molecule has 2 rings (SSSR count). The number of benzene rings is 1. The lowest BCUT2D eigenvalue weighted by molar-refractivity contribution is -0.136. The van der Waals surface area contributed by atoms with E-state index in [9.17, 15) is 18.0 Å². The van der Waals surface area contributed by atoms with Gasteiger partial charge in [-0.3, -0.25) is 4.79 Å². The molecule has 20 heavy (non-hydrogen) atoms. The third-order valence-corrected chi connectivity index (χ3v) is 2.59. The van der Waals surface area contributed by atoms with Crippen molar-refractivity contribution < 1.29 is 22.4 Å². The zero-order valence-corrected chi connectivity index (χ0v) is 10.8. The summed E-state index contributed by atoms with van der Waals surface area (Å²) in [5, 5.41) is 2.02. The van der Waals surface area contributed by atoms with Crippen LogP contribution in [0.3, 0.4) is 0 Å². The Morgan fingerprint density at radius 1 is 1.40 bits per heavy atom. The van der Waals surface area contributed by atoms with Crippen molar-refractivity contribution in [3.05, 3.63) is 46.6 Å². The fourth-order valence-electron chi connectivity index (χ4n) is 1.50. The molecule has 0 bridgehead atoms. The Labute approximate surface area is 116 Å². The minimum atomic E-state index is -4.64. The first-order chi connectivity index (χ1) is 9.27. The van der Waals surface area contributed by atoms with E-state index >= 15 is 0 Å². The lowest BCUT2D eigenvalue weighted by Crippen LogP contribution is -2.17. The van der Waals surface area contributed by atoms with Crippen molar-refractivity contribution in [3.63, 3.8) is 0 Å². The van der Waals surface area contributed by atoms with Gasteiger partial charge in [0.15, 0.2) is 0 Å². The number of halogens is 4. The fraction of sp³-hybridized carbons (Fsp3) is 0.167. The van der Waals surface area contributed by atoms with E-state index in [4.69, 9.17) is 16.0 Å². The quantitative estimate of drug-likeness (QED) is 0.915. The second kappa shape index (κ2) is 5.16. The molecular formula is C12H8ClF3N2O2. The second-order valence-corrected chi connectivity index (χ2v) is 4.35. The van der Waals surface area contributed by atoms with Gasteiger partial charge >= 0.3 is 12.1 Å². The first-order valence-electron chi connectivity index (χ1n) is 5.38. The summed E-state index contributed by atoms with van der Waals surface area (Å²) in [6.07, 6.45) is -3.35. The van der Waals surface area contributed by atoms with Crippen LogP contribution in [0.5, 0.6) is 0 Å². The van der Waals surface area contributed by atoms with E-state index in [0.29, 0.717) is 5.76 Å². The molecule has 0 saturated heterocycles. The number of alkyl halides is 3. The van der Waals surface area contributed by atoms with Gasteiger partial charge in [0, 0.05) is 5.02 Å². The third-order valence-electron chi connectivity index (χ3n) is 2.35. The van der Waals surface area contributed by atoms with Gasteiger partial charge in [0.2, 0.25) is 0 Å². The number of rotatable bonds is 2. The van der Waals surface area contributed by atoms with Gasteiger partial charge in [0.1, 0.15) is 5.76 Å². The average molecular weight is 305 g/mol. The molecule has 4 nitrogen and oxygen atoms in total. The maximum atomic E-state index is 12.8. The van der Waals surface area contributed by atoms with E-state index in [2.05, 4.69) is 10.3 Å². The molecular weight excluding hydrogens is 297 g/mol. The minimum absolute atomic E-state index is 0.0812. The van der Waals surface area contributed by atoms with Crippen molar-refractivity contribution in [2.24, 2.45) is 0 Å². The summed E-state index contributed by atoms with van der Waals surface area (Å²) >= 11 is 5.54. The van der Waals surface area contributed by atoms with Crippen molar-refractivity contribution in [1.82, 2.24) is 4.98 Å². The summed E-state index contributed by atoms with van der Waals surface area (Å²) in [6, 6.07) is 3.05. The molecule has 0 unspecified atom stereocenters. The summed E-state index contributed by atoms with van der Waals surface area (Å²) in [4.78, 5) is 15.4. The Bertz CT molecular complexity index is 652. The van der Waals surface area contributed by atoms with E-state index in [-0.39, 0.29) is 10.9 Å². The largest absolute Gasteiger partial charge is 0.438 e. The van der Waals surface area contributed by atoms with E-state index < -0.39 is 23.3 Å². The molecule has 8 heteroatoms. The van der Waals surface area contributed by atoms with Crippen LogP contribution in [0.15, 0.2) is 28.8 Å². The van der Waals surface area contributed by atoms with Crippen LogP contribution in [0.4, 0.5) is 18.9 Å². The Morgan fingerprint density at radius 3 is 2.65 bits per heavy atom. The normalized spacial score (nSPS) is 11.4. The number of amides is 1. The zero-order chi connectivity index (χ0) is 14.9. The molecule has 106 valence electrons. The molecule has 2 aromatic rings. The van der Waals surface area contributed by atoms with E-state index in [1.54, 1.807) is 6.92 Å². The maximum Gasteiger partial charge on any atom is 0.418 e. The van der Waals surface area contributed by atoms with E-state index in [1.165, 1.54) is 12.3 Å². The van der Waals surface area contributed by atoms with E-state index in [0.717, 1.165) is 12.1 Å². The number of nitrogens with one attached hydrogen (secondary N) is 1. The first-order valence-corrected chi connectivity index (χ1v) is 5.75. The molecule has 0 aliphatic heterocycles. The Morgan fingerprint density at radius 2 is 2.10 bits per heavy atom. The van der Waals surface area contributed by atoms with Crippen LogP contribution in [-0.4, -0.2) is 10.9 Å². The number of carbonyl (C=O) groups excluding carboxylic acids is 1. The predicted octanol–water partition coefficient (Wildman–Crippen LogP) is 3.91. The summed E-state index contributed by atoms with van der Waals surface area (Å²) < 4.78 is 43.4. The smallest absolute Gasteiger partial charge is 0.418 e. The van der Waals surface area contributed by atoms with Crippen LogP contribution in [0.2, 0.25) is 5.02 Å². The lowest BCUT2D eigenvalue weighted by atomic mass is 10.1. The van der Waals surface area contributed by atoms with Crippen molar-refractivity contribution in [2.75, 3.05) is 5.32 Å². The van der Waals surface area contributed by atoms with Crippen LogP contribution in [-0.2, 0) is 6.18 Å². The Balaban J connectivity index is 2.32. The highest BCUT2D eigenvalue weighted by molar-refractivity contribution is 6.30. The fourth-order valence-corrected chi connectivity index (χ4v) is 1.67. The van der Waals surface area contributed by atoms with Crippen LogP contribution in [0, 0.1) is 6.92 Å². The number of hydrogen-bond acceptors (Lipinski definition) is 3. The lowest BCUT2D eigenvalue weighted by Gasteiger charge is -2.13. The van der Waals surface area contributed by atoms with Crippen LogP contribution in [0.1, 0.15) is 22.0 Å². The molecule has 1 aromatic carbocycles. The van der Waals surface area contributed by atoms with Gasteiger partial charge in [0.05, 0.1) is 17.4 Å². The second-order valence-electron chi connectivity index (χ2n) is 3.92. The molecule has 0 atom stereocenters. The summed E-state index contributed by atoms with van der Waals surface area (Å²) in [5.41, 5.74) is -1.45. The van der Waals surface area contributed by atoms with Crippen molar-refractivity contribution in [2.45, 2.75) is 13.1 Å². The topological polar surface area (TPSA) is 55.1 Å². The van der Waals surface area contributed by atoms with Gasteiger partial charge in [0.25, 0.3) is 5.89 Å². The summed E-state index contributed by atoms with van der Waals surface area (Å²) in [6.45, 7) is 1.56. The highest BCUT2D eigenvalue weighted by Gasteiger charge is 2.34. The van der Waals surface area contributed by atoms with Gasteiger partial charge < -0.3 is 9.73 Å². The van der Waals surface area contributed by atoms with Gasteiger partial charge in [-0.05, 0) is 25.1 Å². The number of oxazole rings is 1. The molecule has 1 N–H and O–H groups in total. The molecule has 1 heterocycles. The van der Waals surface area contributed by atoms with Crippen LogP contribution >= 0.6 is 11.6 Å². The van der Waals surface area contributed by atoms with Crippen molar-refractivity contribution in [3.8, 4) is 0 Å². The highest BCUT2D eigenvalue weighted by Crippen LogP contribution is 2.36. The van der Waals surface area contributed by atoms with Crippen LogP contribution in [0.25, 0.3) is 0 Å². The van der Waals surface area contributed by atoms with Gasteiger partial charge in [-0.15, -0.1) is 0 Å². The maximum absolute atomic E-state index is 12.8. The Hall–Kier alpha value is -2.02. The SMILES string of the molecule is Cc1cnc(C(=O)Nc2ccc(Cl)cc2C(F)(F)F)o1. The average Bonchev–Trinajstić information content (AvgIpc) is 2.77. The van der Waals surface area contributed by atoms with E-state index in [1.807, 2.05) is 0 Å². The molecule has 1 aromatic heterocycles. The molecule has 0 saturated carbocycles. The summed E-state index contributed by atoms with van der Waals surface area (Å²) in [5.74, 6) is -0.807. The Kier molecular flexibility index (Phi) is 3.71. The number of hydrogen-bond donors (Lipinski definition) is 1. The highest BCUT2D eigenvalue weighted by atomic mass is 35.5. The number of anilines is 1. The monoisotopic (exact) mass is 304 g/mol. The molecule has 0 radical (unpaired) electrons. The molecule has 0 fully saturated rings. The van der Waals surface area contributed by atoms with Crippen LogP contribution < -0.4 is 5.32 Å². The standard InChI is InChI=1S/C12H8ClF3N2O2/c1-6-5-17-11(20-6)10(19)18-9-3-2-7(13)4-8(9)12(14,15)16/h2-5H,1H3,(H,18,19). The number of carbonyl (C=O) groups is 1. The van der Waals surface area contributed by atoms with Crippen molar-refractivity contribution in [1.29, 1.82) is 0 Å². The molecule has 0 aliphatic rings. The van der Waals surface area contributed by atoms with Crippen molar-refractivity contribution >= 4 is 23.2 Å². The van der Waals surface area contributed by atoms with Gasteiger partial charge in [-0.25, -0.2) is 4.98 Å². The van der Waals surface area contributed by atoms with Gasteiger partial charge in [-0.1, -0.05) is 11.6 Å². The third kappa shape index (κ3) is 3.11. The predicted molar refractivity (Wildman–Crippen MR) is 65.6 cm³/mol. The molecule has 0 spiro atoms. The minimum Gasteiger partial charge on any atom is -0.438 e. The van der Waals surface area contributed by atoms with Gasteiger partial charge in [-0.2, -0.15) is 13.2 Å².